The van der Waals surface area contributed by atoms with Crippen LogP contribution in [0.3, 0.4) is 0 Å². The number of carbonyl (C=O) groups excluding carboxylic acids is 1. The first kappa shape index (κ1) is 18.4. The van der Waals surface area contributed by atoms with E-state index in [1.807, 2.05) is 4.98 Å². The monoisotopic (exact) mass is 338 g/mol. The molecule has 11 nitrogen and oxygen atoms in total. The minimum atomic E-state index is -4.57. The van der Waals surface area contributed by atoms with Crippen molar-refractivity contribution in [1.29, 1.82) is 0 Å². The van der Waals surface area contributed by atoms with Gasteiger partial charge in [-0.1, -0.05) is 0 Å². The summed E-state index contributed by atoms with van der Waals surface area (Å²) in [7, 11) is -4.57. The van der Waals surface area contributed by atoms with E-state index < -0.39 is 49.9 Å². The van der Waals surface area contributed by atoms with Crippen LogP contribution in [0.15, 0.2) is 15.8 Å². The number of rotatable bonds is 6. The molecule has 0 aliphatic rings. The molecule has 0 spiro atoms. The summed E-state index contributed by atoms with van der Waals surface area (Å²) in [6.07, 6.45) is -3.95. The molecule has 0 aromatic carbocycles. The summed E-state index contributed by atoms with van der Waals surface area (Å²) in [5.41, 5.74) is -1.79. The Morgan fingerprint density at radius 2 is 2.05 bits per heavy atom. The molecule has 0 aliphatic heterocycles. The van der Waals surface area contributed by atoms with E-state index in [0.717, 1.165) is 6.20 Å². The molecule has 22 heavy (non-hydrogen) atoms. The Labute approximate surface area is 123 Å². The fourth-order valence-electron chi connectivity index (χ4n) is 1.47. The van der Waals surface area contributed by atoms with Crippen LogP contribution in [0.5, 0.6) is 0 Å². The lowest BCUT2D eigenvalue weighted by Crippen LogP contribution is -2.46. The van der Waals surface area contributed by atoms with Gasteiger partial charge in [0.15, 0.2) is 6.10 Å². The van der Waals surface area contributed by atoms with Gasteiger partial charge in [-0.3, -0.25) is 19.1 Å². The molecule has 12 heteroatoms. The van der Waals surface area contributed by atoms with Crippen molar-refractivity contribution in [2.75, 3.05) is 13.0 Å². The molecule has 0 bridgehead atoms. The van der Waals surface area contributed by atoms with Crippen molar-refractivity contribution >= 4 is 13.5 Å². The minimum absolute atomic E-state index is 0.0248. The van der Waals surface area contributed by atoms with E-state index in [9.17, 15) is 24.1 Å². The van der Waals surface area contributed by atoms with Gasteiger partial charge in [0.05, 0.1) is 6.61 Å². The van der Waals surface area contributed by atoms with Crippen molar-refractivity contribution < 1.29 is 34.1 Å². The van der Waals surface area contributed by atoms with Crippen molar-refractivity contribution in [3.05, 3.63) is 32.6 Å². The van der Waals surface area contributed by atoms with Crippen LogP contribution in [-0.2, 0) is 9.30 Å². The number of ether oxygens (including phenoxy) is 1. The maximum absolute atomic E-state index is 12.0. The van der Waals surface area contributed by atoms with E-state index in [0.29, 0.717) is 4.57 Å². The zero-order chi connectivity index (χ0) is 17.1. The number of aliphatic hydroxyl groups is 2. The second-order valence-corrected chi connectivity index (χ2v) is 5.99. The highest BCUT2D eigenvalue weighted by atomic mass is 31.2. The van der Waals surface area contributed by atoms with Crippen molar-refractivity contribution in [1.82, 2.24) is 9.55 Å². The predicted octanol–water partition coefficient (Wildman–Crippen LogP) is -2.64. The van der Waals surface area contributed by atoms with Gasteiger partial charge in [-0.15, -0.1) is 0 Å². The Hall–Kier alpha value is -1.62. The summed E-state index contributed by atoms with van der Waals surface area (Å²) in [6, 6.07) is 0. The van der Waals surface area contributed by atoms with Crippen molar-refractivity contribution in [3.63, 3.8) is 0 Å². The van der Waals surface area contributed by atoms with E-state index >= 15 is 0 Å². The highest BCUT2D eigenvalue weighted by Crippen LogP contribution is 2.34. The second kappa shape index (κ2) is 7.09. The molecule has 2 atom stereocenters. The molecule has 0 amide bonds. The van der Waals surface area contributed by atoms with E-state index in [1.165, 1.54) is 6.92 Å². The number of nitrogens with one attached hydrogen (secondary N) is 1. The highest BCUT2D eigenvalue weighted by Gasteiger charge is 2.30. The Bertz CT molecular complexity index is 703. The van der Waals surface area contributed by atoms with Crippen molar-refractivity contribution in [3.8, 4) is 0 Å². The number of aryl methyl sites for hydroxylation is 1. The normalized spacial score (nSPS) is 14.6. The molecule has 0 radical (unpaired) electrons. The van der Waals surface area contributed by atoms with Gasteiger partial charge in [-0.05, 0) is 6.92 Å². The fraction of sp³-hybridized carbons (Fsp3) is 0.500. The van der Waals surface area contributed by atoms with Gasteiger partial charge in [0.25, 0.3) is 11.5 Å². The Kier molecular flexibility index (Phi) is 5.94. The van der Waals surface area contributed by atoms with E-state index in [-0.39, 0.29) is 5.56 Å². The van der Waals surface area contributed by atoms with Crippen LogP contribution in [0, 0.1) is 6.92 Å². The van der Waals surface area contributed by atoms with Gasteiger partial charge in [-0.2, -0.15) is 0 Å². The van der Waals surface area contributed by atoms with E-state index in [1.54, 1.807) is 0 Å². The summed E-state index contributed by atoms with van der Waals surface area (Å²) < 4.78 is 15.7. The van der Waals surface area contributed by atoms with Gasteiger partial charge in [0.1, 0.15) is 12.5 Å². The Balaban J connectivity index is 3.00. The summed E-state index contributed by atoms with van der Waals surface area (Å²) in [4.78, 5) is 53.8. The average molecular weight is 338 g/mol. The smallest absolute Gasteiger partial charge is 0.350 e. The van der Waals surface area contributed by atoms with Crippen LogP contribution in [0.2, 0.25) is 0 Å². The number of aromatic nitrogens is 2. The molecule has 0 unspecified atom stereocenters. The van der Waals surface area contributed by atoms with Crippen LogP contribution in [0.4, 0.5) is 0 Å². The van der Waals surface area contributed by atoms with E-state index in [2.05, 4.69) is 4.74 Å². The molecular weight excluding hydrogens is 323 g/mol. The number of aromatic amines is 1. The number of hydrogen-bond acceptors (Lipinski definition) is 7. The van der Waals surface area contributed by atoms with Crippen LogP contribution < -0.4 is 11.2 Å². The summed E-state index contributed by atoms with van der Waals surface area (Å²) in [5, 5.41) is 18.8. The quantitative estimate of drug-likeness (QED) is 0.346. The van der Waals surface area contributed by atoms with Gasteiger partial charge < -0.3 is 24.7 Å². The number of aliphatic hydroxyl groups excluding tert-OH is 2. The Morgan fingerprint density at radius 3 is 2.55 bits per heavy atom. The minimum Gasteiger partial charge on any atom is -0.394 e. The summed E-state index contributed by atoms with van der Waals surface area (Å²) in [5.74, 6) is -1.23. The number of hydrogen-bond donors (Lipinski definition) is 5. The van der Waals surface area contributed by atoms with Crippen molar-refractivity contribution in [2.24, 2.45) is 0 Å². The molecule has 0 saturated heterocycles. The molecule has 5 N–H and O–H groups in total. The third-order valence-electron chi connectivity index (χ3n) is 2.60. The molecule has 1 aromatic rings. The third kappa shape index (κ3) is 4.70. The van der Waals surface area contributed by atoms with Gasteiger partial charge in [-0.25, -0.2) is 9.36 Å². The molecule has 0 saturated carbocycles. The SMILES string of the molecule is Cc1cn(C(=O)[C@H](O)[C@H](CO)OCP(=O)(O)O)c(=O)[nH]c1=O. The zero-order valence-electron chi connectivity index (χ0n) is 11.4. The first-order chi connectivity index (χ1) is 10.1. The molecule has 0 fully saturated rings. The molecular formula is C10H15N2O9P. The summed E-state index contributed by atoms with van der Waals surface area (Å²) in [6.45, 7) is 0.395. The fourth-order valence-corrected chi connectivity index (χ4v) is 1.85. The molecule has 124 valence electrons. The molecule has 1 rings (SSSR count). The lowest BCUT2D eigenvalue weighted by Gasteiger charge is -2.21. The lowest BCUT2D eigenvalue weighted by atomic mass is 10.2. The predicted molar refractivity (Wildman–Crippen MR) is 71.6 cm³/mol. The van der Waals surface area contributed by atoms with Gasteiger partial charge in [0.2, 0.25) is 0 Å². The molecule has 1 heterocycles. The topological polar surface area (TPSA) is 179 Å². The van der Waals surface area contributed by atoms with Crippen LogP contribution in [-0.4, -0.2) is 60.6 Å². The van der Waals surface area contributed by atoms with Crippen molar-refractivity contribution in [2.45, 2.75) is 19.1 Å². The van der Waals surface area contributed by atoms with Gasteiger partial charge >= 0.3 is 13.3 Å². The maximum atomic E-state index is 12.0. The second-order valence-electron chi connectivity index (χ2n) is 4.41. The van der Waals surface area contributed by atoms with Crippen LogP contribution in [0.1, 0.15) is 10.4 Å². The first-order valence-corrected chi connectivity index (χ1v) is 7.68. The van der Waals surface area contributed by atoms with E-state index in [4.69, 9.17) is 14.9 Å². The van der Waals surface area contributed by atoms with Crippen LogP contribution >= 0.6 is 7.60 Å². The number of H-pyrrole nitrogens is 1. The largest absolute Gasteiger partial charge is 0.394 e. The molecule has 1 aromatic heterocycles. The standard InChI is InChI=1S/C10H15N2O9P/c1-5-2-12(10(17)11-8(5)15)9(16)7(14)6(3-13)21-4-22(18,19)20/h2,6-7,13-14H,3-4H2,1H3,(H,11,15,17)(H2,18,19,20)/t6-,7+/m0/s1. The Morgan fingerprint density at radius 1 is 1.45 bits per heavy atom. The third-order valence-corrected chi connectivity index (χ3v) is 3.08. The van der Waals surface area contributed by atoms with Crippen LogP contribution in [0.25, 0.3) is 0 Å². The zero-order valence-corrected chi connectivity index (χ0v) is 12.3. The number of nitrogens with zero attached hydrogens (tertiary/aromatic N) is 1. The maximum Gasteiger partial charge on any atom is 0.350 e. The highest BCUT2D eigenvalue weighted by molar-refractivity contribution is 7.51. The summed E-state index contributed by atoms with van der Waals surface area (Å²) >= 11 is 0. The first-order valence-electron chi connectivity index (χ1n) is 5.88. The van der Waals surface area contributed by atoms with Gasteiger partial charge in [0, 0.05) is 11.8 Å². The lowest BCUT2D eigenvalue weighted by molar-refractivity contribution is -0.0431. The number of carbonyl (C=O) groups is 1. The molecule has 0 aliphatic carbocycles. The average Bonchev–Trinajstić information content (AvgIpc) is 2.41.